The standard InChI is InChI=1S/C12H23N3O/c1-5-13-12(8-16)6-7-15-11(4)9(2)10(3)14-15/h12-13,16H,5-8H2,1-4H3. The third-order valence-corrected chi connectivity index (χ3v) is 3.15. The van der Waals surface area contributed by atoms with Crippen molar-refractivity contribution in [1.82, 2.24) is 15.1 Å². The molecule has 16 heavy (non-hydrogen) atoms. The Labute approximate surface area is 97.7 Å². The summed E-state index contributed by atoms with van der Waals surface area (Å²) in [5, 5.41) is 16.9. The van der Waals surface area contributed by atoms with Crippen LogP contribution >= 0.6 is 0 Å². The number of rotatable bonds is 6. The first kappa shape index (κ1) is 13.2. The number of nitrogens with one attached hydrogen (secondary N) is 1. The molecule has 0 aliphatic carbocycles. The average molecular weight is 225 g/mol. The third kappa shape index (κ3) is 3.06. The van der Waals surface area contributed by atoms with Crippen LogP contribution < -0.4 is 5.32 Å². The summed E-state index contributed by atoms with van der Waals surface area (Å²) in [6.45, 7) is 10.2. The van der Waals surface area contributed by atoms with Gasteiger partial charge >= 0.3 is 0 Å². The van der Waals surface area contributed by atoms with Crippen molar-refractivity contribution in [2.24, 2.45) is 0 Å². The fourth-order valence-corrected chi connectivity index (χ4v) is 1.83. The molecule has 2 N–H and O–H groups in total. The Balaban J connectivity index is 2.56. The molecule has 0 saturated heterocycles. The monoisotopic (exact) mass is 225 g/mol. The van der Waals surface area contributed by atoms with Crippen molar-refractivity contribution in [2.45, 2.75) is 46.7 Å². The Bertz CT molecular complexity index is 333. The minimum Gasteiger partial charge on any atom is -0.395 e. The number of aromatic nitrogens is 2. The van der Waals surface area contributed by atoms with E-state index in [1.54, 1.807) is 0 Å². The maximum absolute atomic E-state index is 9.17. The topological polar surface area (TPSA) is 50.1 Å². The van der Waals surface area contributed by atoms with E-state index in [9.17, 15) is 5.11 Å². The van der Waals surface area contributed by atoms with E-state index in [1.807, 2.05) is 11.6 Å². The van der Waals surface area contributed by atoms with Crippen LogP contribution in [0.2, 0.25) is 0 Å². The highest BCUT2D eigenvalue weighted by Gasteiger charge is 2.10. The SMILES string of the molecule is CCNC(CO)CCn1nc(C)c(C)c1C. The van der Waals surface area contributed by atoms with Gasteiger partial charge < -0.3 is 10.4 Å². The lowest BCUT2D eigenvalue weighted by molar-refractivity contribution is 0.231. The maximum Gasteiger partial charge on any atom is 0.0625 e. The molecule has 4 heteroatoms. The van der Waals surface area contributed by atoms with Crippen molar-refractivity contribution < 1.29 is 5.11 Å². The second kappa shape index (κ2) is 6.01. The van der Waals surface area contributed by atoms with Gasteiger partial charge in [-0.05, 0) is 39.3 Å². The number of aliphatic hydroxyl groups excluding tert-OH is 1. The maximum atomic E-state index is 9.17. The fraction of sp³-hybridized carbons (Fsp3) is 0.750. The molecule has 0 aliphatic heterocycles. The lowest BCUT2D eigenvalue weighted by atomic mass is 10.2. The van der Waals surface area contributed by atoms with E-state index < -0.39 is 0 Å². The van der Waals surface area contributed by atoms with Crippen molar-refractivity contribution >= 4 is 0 Å². The molecule has 0 amide bonds. The van der Waals surface area contributed by atoms with Crippen LogP contribution in [0.4, 0.5) is 0 Å². The molecule has 1 rings (SSSR count). The van der Waals surface area contributed by atoms with Crippen LogP contribution in [-0.2, 0) is 6.54 Å². The van der Waals surface area contributed by atoms with Crippen molar-refractivity contribution in [3.63, 3.8) is 0 Å². The van der Waals surface area contributed by atoms with Crippen LogP contribution in [0.25, 0.3) is 0 Å². The summed E-state index contributed by atoms with van der Waals surface area (Å²) in [5.74, 6) is 0. The zero-order valence-corrected chi connectivity index (χ0v) is 10.7. The van der Waals surface area contributed by atoms with Gasteiger partial charge in [-0.25, -0.2) is 0 Å². The van der Waals surface area contributed by atoms with E-state index in [4.69, 9.17) is 0 Å². The summed E-state index contributed by atoms with van der Waals surface area (Å²) in [6.07, 6.45) is 0.908. The minimum absolute atomic E-state index is 0.175. The van der Waals surface area contributed by atoms with Crippen molar-refractivity contribution in [3.8, 4) is 0 Å². The van der Waals surface area contributed by atoms with Gasteiger partial charge in [0.2, 0.25) is 0 Å². The Morgan fingerprint density at radius 3 is 2.50 bits per heavy atom. The first-order valence-electron chi connectivity index (χ1n) is 5.95. The molecule has 92 valence electrons. The van der Waals surface area contributed by atoms with Gasteiger partial charge in [0.05, 0.1) is 12.3 Å². The summed E-state index contributed by atoms with van der Waals surface area (Å²) in [7, 11) is 0. The lowest BCUT2D eigenvalue weighted by Crippen LogP contribution is -2.33. The second-order valence-electron chi connectivity index (χ2n) is 4.24. The molecule has 1 aromatic heterocycles. The van der Waals surface area contributed by atoms with Crippen LogP contribution in [0.15, 0.2) is 0 Å². The average Bonchev–Trinajstić information content (AvgIpc) is 2.52. The molecule has 1 atom stereocenters. The van der Waals surface area contributed by atoms with Crippen molar-refractivity contribution in [2.75, 3.05) is 13.2 Å². The summed E-state index contributed by atoms with van der Waals surface area (Å²) in [4.78, 5) is 0. The number of aryl methyl sites for hydroxylation is 2. The van der Waals surface area contributed by atoms with Gasteiger partial charge in [0.15, 0.2) is 0 Å². The van der Waals surface area contributed by atoms with Crippen LogP contribution in [0.3, 0.4) is 0 Å². The zero-order chi connectivity index (χ0) is 12.1. The van der Waals surface area contributed by atoms with E-state index in [0.717, 1.165) is 25.2 Å². The smallest absolute Gasteiger partial charge is 0.0625 e. The first-order valence-corrected chi connectivity index (χ1v) is 5.95. The lowest BCUT2D eigenvalue weighted by Gasteiger charge is -2.15. The van der Waals surface area contributed by atoms with Crippen molar-refractivity contribution in [1.29, 1.82) is 0 Å². The predicted octanol–water partition coefficient (Wildman–Crippen LogP) is 1.17. The van der Waals surface area contributed by atoms with Gasteiger partial charge in [0, 0.05) is 18.3 Å². The summed E-state index contributed by atoms with van der Waals surface area (Å²) in [6, 6.07) is 0.175. The van der Waals surface area contributed by atoms with Crippen LogP contribution in [0.1, 0.15) is 30.3 Å². The largest absolute Gasteiger partial charge is 0.395 e. The number of aliphatic hydroxyl groups is 1. The molecule has 4 nitrogen and oxygen atoms in total. The normalized spacial score (nSPS) is 13.1. The molecular weight excluding hydrogens is 202 g/mol. The number of hydrogen-bond donors (Lipinski definition) is 2. The Hall–Kier alpha value is -0.870. The predicted molar refractivity (Wildman–Crippen MR) is 65.6 cm³/mol. The van der Waals surface area contributed by atoms with Crippen LogP contribution in [0, 0.1) is 20.8 Å². The highest BCUT2D eigenvalue weighted by atomic mass is 16.3. The van der Waals surface area contributed by atoms with Gasteiger partial charge in [0.25, 0.3) is 0 Å². The molecule has 1 aromatic rings. The van der Waals surface area contributed by atoms with Crippen molar-refractivity contribution in [3.05, 3.63) is 17.0 Å². The summed E-state index contributed by atoms with van der Waals surface area (Å²) in [5.41, 5.74) is 3.59. The Morgan fingerprint density at radius 2 is 2.06 bits per heavy atom. The second-order valence-corrected chi connectivity index (χ2v) is 4.24. The van der Waals surface area contributed by atoms with Gasteiger partial charge in [0.1, 0.15) is 0 Å². The number of hydrogen-bond acceptors (Lipinski definition) is 3. The van der Waals surface area contributed by atoms with Gasteiger partial charge in [-0.1, -0.05) is 6.92 Å². The third-order valence-electron chi connectivity index (χ3n) is 3.15. The first-order chi connectivity index (χ1) is 7.60. The molecule has 1 unspecified atom stereocenters. The van der Waals surface area contributed by atoms with E-state index in [2.05, 4.69) is 31.2 Å². The van der Waals surface area contributed by atoms with E-state index >= 15 is 0 Å². The molecule has 0 aliphatic rings. The van der Waals surface area contributed by atoms with Gasteiger partial charge in [-0.3, -0.25) is 4.68 Å². The highest BCUT2D eigenvalue weighted by Crippen LogP contribution is 2.11. The van der Waals surface area contributed by atoms with E-state index in [0.29, 0.717) is 0 Å². The van der Waals surface area contributed by atoms with Gasteiger partial charge in [-0.15, -0.1) is 0 Å². The minimum atomic E-state index is 0.175. The van der Waals surface area contributed by atoms with E-state index in [-0.39, 0.29) is 12.6 Å². The molecule has 0 fully saturated rings. The molecule has 0 bridgehead atoms. The molecule has 0 aromatic carbocycles. The Morgan fingerprint density at radius 1 is 1.38 bits per heavy atom. The summed E-state index contributed by atoms with van der Waals surface area (Å²) >= 11 is 0. The molecule has 1 heterocycles. The molecule has 0 radical (unpaired) electrons. The molecule has 0 spiro atoms. The number of likely N-dealkylation sites (N-methyl/N-ethyl adjacent to an activating group) is 1. The van der Waals surface area contributed by atoms with Crippen LogP contribution in [-0.4, -0.2) is 34.1 Å². The van der Waals surface area contributed by atoms with Gasteiger partial charge in [-0.2, -0.15) is 5.10 Å². The zero-order valence-electron chi connectivity index (χ0n) is 10.7. The number of nitrogens with zero attached hydrogens (tertiary/aromatic N) is 2. The highest BCUT2D eigenvalue weighted by molar-refractivity contribution is 5.22. The summed E-state index contributed by atoms with van der Waals surface area (Å²) < 4.78 is 2.03. The molecule has 0 saturated carbocycles. The fourth-order valence-electron chi connectivity index (χ4n) is 1.83. The Kier molecular flexibility index (Phi) is 4.96. The van der Waals surface area contributed by atoms with E-state index in [1.165, 1.54) is 11.3 Å². The van der Waals surface area contributed by atoms with Crippen LogP contribution in [0.5, 0.6) is 0 Å². The quantitative estimate of drug-likeness (QED) is 0.764. The molecular formula is C12H23N3O.